The Morgan fingerprint density at radius 3 is 2.28 bits per heavy atom. The highest BCUT2D eigenvalue weighted by molar-refractivity contribution is 5.40. The second-order valence-corrected chi connectivity index (χ2v) is 3.82. The Morgan fingerprint density at radius 2 is 1.83 bits per heavy atom. The summed E-state index contributed by atoms with van der Waals surface area (Å²) in [6, 6.07) is -0.126. The first-order valence-corrected chi connectivity index (χ1v) is 5.02. The lowest BCUT2D eigenvalue weighted by Gasteiger charge is -2.20. The quantitative estimate of drug-likeness (QED) is 0.543. The molecule has 1 aliphatic carbocycles. The summed E-state index contributed by atoms with van der Waals surface area (Å²) in [5, 5.41) is 2.26. The topological polar surface area (TPSA) is 98.0 Å². The molecule has 0 bridgehead atoms. The maximum Gasteiger partial charge on any atom is 0.411 e. The smallest absolute Gasteiger partial charge is 0.411 e. The predicted molar refractivity (Wildman–Crippen MR) is 55.8 cm³/mol. The number of methoxy groups -OCH3 is 1. The molecule has 18 heavy (non-hydrogen) atoms. The van der Waals surface area contributed by atoms with Crippen molar-refractivity contribution >= 4 is 11.9 Å². The Morgan fingerprint density at radius 1 is 1.22 bits per heavy atom. The van der Waals surface area contributed by atoms with Crippen molar-refractivity contribution < 1.29 is 17.9 Å². The highest BCUT2D eigenvalue weighted by Crippen LogP contribution is 2.50. The number of ether oxygens (including phenoxy) is 1. The van der Waals surface area contributed by atoms with Crippen LogP contribution in [-0.2, 0) is 0 Å². The number of anilines is 2. The summed E-state index contributed by atoms with van der Waals surface area (Å²) in [4.78, 5) is 11.1. The molecule has 0 aliphatic heterocycles. The molecular weight excluding hydrogens is 253 g/mol. The molecule has 10 heteroatoms. The van der Waals surface area contributed by atoms with Gasteiger partial charge in [0, 0.05) is 0 Å². The molecule has 0 atom stereocenters. The van der Waals surface area contributed by atoms with Crippen molar-refractivity contribution in [3.8, 4) is 6.01 Å². The van der Waals surface area contributed by atoms with Crippen LogP contribution in [0.3, 0.4) is 0 Å². The van der Waals surface area contributed by atoms with Gasteiger partial charge in [0.15, 0.2) is 0 Å². The van der Waals surface area contributed by atoms with Crippen LogP contribution in [0.1, 0.15) is 12.8 Å². The first kappa shape index (κ1) is 12.6. The van der Waals surface area contributed by atoms with E-state index < -0.39 is 11.7 Å². The number of aromatic nitrogens is 3. The van der Waals surface area contributed by atoms with Gasteiger partial charge in [-0.15, -0.1) is 0 Å². The monoisotopic (exact) mass is 264 g/mol. The number of nitrogens with one attached hydrogen (secondary N) is 2. The average molecular weight is 264 g/mol. The van der Waals surface area contributed by atoms with E-state index in [0.29, 0.717) is 0 Å². The van der Waals surface area contributed by atoms with E-state index in [1.54, 1.807) is 0 Å². The third kappa shape index (κ3) is 2.23. The second-order valence-electron chi connectivity index (χ2n) is 3.82. The number of hydrogen-bond acceptors (Lipinski definition) is 7. The molecule has 1 aromatic rings. The van der Waals surface area contributed by atoms with Crippen LogP contribution in [0.15, 0.2) is 0 Å². The minimum absolute atomic E-state index is 0.0180. The molecule has 1 saturated carbocycles. The van der Waals surface area contributed by atoms with Gasteiger partial charge in [-0.05, 0) is 12.8 Å². The Labute approximate surface area is 99.9 Å². The number of halogens is 3. The summed E-state index contributed by atoms with van der Waals surface area (Å²) >= 11 is 0. The molecule has 1 heterocycles. The van der Waals surface area contributed by atoms with Crippen LogP contribution in [0, 0.1) is 0 Å². The van der Waals surface area contributed by atoms with Crippen LogP contribution in [0.25, 0.3) is 0 Å². The molecular formula is C8H11F3N6O. The van der Waals surface area contributed by atoms with Crippen LogP contribution < -0.4 is 21.3 Å². The second kappa shape index (κ2) is 4.12. The SMILES string of the molecule is COc1nc(NN)nc(NC2(C(F)(F)F)CC2)n1. The Kier molecular flexibility index (Phi) is 2.89. The molecule has 0 unspecified atom stereocenters. The number of nitrogens with two attached hydrogens (primary N) is 1. The molecule has 0 aromatic carbocycles. The molecule has 7 nitrogen and oxygen atoms in total. The van der Waals surface area contributed by atoms with E-state index in [4.69, 9.17) is 10.6 Å². The van der Waals surface area contributed by atoms with Crippen molar-refractivity contribution in [3.63, 3.8) is 0 Å². The van der Waals surface area contributed by atoms with E-state index in [2.05, 4.69) is 25.7 Å². The van der Waals surface area contributed by atoms with Crippen molar-refractivity contribution in [3.05, 3.63) is 0 Å². The molecule has 1 fully saturated rings. The van der Waals surface area contributed by atoms with E-state index in [9.17, 15) is 13.2 Å². The van der Waals surface area contributed by atoms with Crippen molar-refractivity contribution in [2.75, 3.05) is 17.9 Å². The standard InChI is InChI=1S/C8H11F3N6O/c1-18-6-14-4(13-5(15-6)17-12)16-7(2-3-7)8(9,10)11/h2-3,12H2,1H3,(H2,13,14,15,16,17). The zero-order valence-electron chi connectivity index (χ0n) is 9.38. The van der Waals surface area contributed by atoms with E-state index in [1.807, 2.05) is 0 Å². The first-order chi connectivity index (χ1) is 8.40. The number of hydrogen-bond donors (Lipinski definition) is 3. The molecule has 100 valence electrons. The van der Waals surface area contributed by atoms with Gasteiger partial charge in [-0.1, -0.05) is 0 Å². The molecule has 0 radical (unpaired) electrons. The molecule has 4 N–H and O–H groups in total. The van der Waals surface area contributed by atoms with Gasteiger partial charge in [0.05, 0.1) is 7.11 Å². The van der Waals surface area contributed by atoms with Gasteiger partial charge in [-0.3, -0.25) is 5.43 Å². The summed E-state index contributed by atoms with van der Waals surface area (Å²) in [6.07, 6.45) is -4.39. The van der Waals surface area contributed by atoms with Gasteiger partial charge >= 0.3 is 12.2 Å². The summed E-state index contributed by atoms with van der Waals surface area (Å²) in [7, 11) is 1.29. The minimum atomic E-state index is -4.36. The lowest BCUT2D eigenvalue weighted by atomic mass is 10.3. The maximum atomic E-state index is 12.7. The fourth-order valence-corrected chi connectivity index (χ4v) is 1.39. The van der Waals surface area contributed by atoms with Gasteiger partial charge in [0.2, 0.25) is 11.9 Å². The predicted octanol–water partition coefficient (Wildman–Crippen LogP) is 0.673. The van der Waals surface area contributed by atoms with Crippen molar-refractivity contribution in [1.29, 1.82) is 0 Å². The molecule has 2 rings (SSSR count). The number of nitrogen functional groups attached to an aromatic ring is 1. The lowest BCUT2D eigenvalue weighted by Crippen LogP contribution is -2.39. The fourth-order valence-electron chi connectivity index (χ4n) is 1.39. The van der Waals surface area contributed by atoms with Gasteiger partial charge in [0.25, 0.3) is 0 Å². The third-order valence-corrected chi connectivity index (χ3v) is 2.57. The van der Waals surface area contributed by atoms with Crippen LogP contribution in [0.4, 0.5) is 25.1 Å². The van der Waals surface area contributed by atoms with E-state index in [0.717, 1.165) is 0 Å². The minimum Gasteiger partial charge on any atom is -0.467 e. The average Bonchev–Trinajstić information content (AvgIpc) is 3.08. The van der Waals surface area contributed by atoms with Gasteiger partial charge in [0.1, 0.15) is 5.54 Å². The molecule has 0 saturated heterocycles. The van der Waals surface area contributed by atoms with Gasteiger partial charge in [-0.25, -0.2) is 5.84 Å². The molecule has 0 spiro atoms. The van der Waals surface area contributed by atoms with E-state index in [1.165, 1.54) is 7.11 Å². The zero-order valence-corrected chi connectivity index (χ0v) is 9.38. The number of alkyl halides is 3. The summed E-state index contributed by atoms with van der Waals surface area (Å²) in [5.74, 6) is 4.79. The zero-order chi connectivity index (χ0) is 13.4. The number of hydrazine groups is 1. The highest BCUT2D eigenvalue weighted by atomic mass is 19.4. The fraction of sp³-hybridized carbons (Fsp3) is 0.625. The summed E-state index contributed by atoms with van der Waals surface area (Å²) in [5.41, 5.74) is 0.170. The van der Waals surface area contributed by atoms with Crippen LogP contribution in [-0.4, -0.2) is 33.8 Å². The first-order valence-electron chi connectivity index (χ1n) is 5.02. The molecule has 0 amide bonds. The van der Waals surface area contributed by atoms with E-state index in [-0.39, 0.29) is 30.7 Å². The lowest BCUT2D eigenvalue weighted by molar-refractivity contribution is -0.151. The maximum absolute atomic E-state index is 12.7. The summed E-state index contributed by atoms with van der Waals surface area (Å²) < 4.78 is 43.0. The van der Waals surface area contributed by atoms with Gasteiger partial charge in [-0.2, -0.15) is 28.1 Å². The van der Waals surface area contributed by atoms with E-state index >= 15 is 0 Å². The van der Waals surface area contributed by atoms with Crippen LogP contribution in [0.5, 0.6) is 6.01 Å². The number of nitrogens with zero attached hydrogens (tertiary/aromatic N) is 3. The van der Waals surface area contributed by atoms with Gasteiger partial charge < -0.3 is 10.1 Å². The summed E-state index contributed by atoms with van der Waals surface area (Å²) in [6.45, 7) is 0. The normalized spacial score (nSPS) is 17.2. The van der Waals surface area contributed by atoms with Crippen molar-refractivity contribution in [1.82, 2.24) is 15.0 Å². The Balaban J connectivity index is 2.24. The number of rotatable bonds is 4. The Bertz CT molecular complexity index is 425. The highest BCUT2D eigenvalue weighted by Gasteiger charge is 2.64. The van der Waals surface area contributed by atoms with Crippen LogP contribution >= 0.6 is 0 Å². The van der Waals surface area contributed by atoms with Crippen molar-refractivity contribution in [2.45, 2.75) is 24.6 Å². The molecule has 1 aromatic heterocycles. The largest absolute Gasteiger partial charge is 0.467 e. The van der Waals surface area contributed by atoms with Crippen LogP contribution in [0.2, 0.25) is 0 Å². The third-order valence-electron chi connectivity index (χ3n) is 2.57. The van der Waals surface area contributed by atoms with Crippen molar-refractivity contribution in [2.24, 2.45) is 5.84 Å². The Hall–Kier alpha value is -1.84. The molecule has 1 aliphatic rings.